The van der Waals surface area contributed by atoms with E-state index in [4.69, 9.17) is 4.42 Å². The van der Waals surface area contributed by atoms with Crippen molar-refractivity contribution in [1.82, 2.24) is 0 Å². The lowest BCUT2D eigenvalue weighted by Gasteiger charge is -2.28. The Morgan fingerprint density at radius 2 is 0.768 bits per heavy atom. The first-order chi connectivity index (χ1) is 33.9. The molecule has 1 heterocycles. The number of para-hydroxylation sites is 2. The fraction of sp³-hybridized carbons (Fsp3) is 0.0448. The molecule has 0 radical (unpaired) electrons. The van der Waals surface area contributed by atoms with Crippen LogP contribution < -0.4 is 4.90 Å². The summed E-state index contributed by atoms with van der Waals surface area (Å²) < 4.78 is 6.39. The summed E-state index contributed by atoms with van der Waals surface area (Å²) in [6.45, 7) is 4.76. The highest BCUT2D eigenvalue weighted by atomic mass is 16.3. The van der Waals surface area contributed by atoms with Gasteiger partial charge in [-0.2, -0.15) is 0 Å². The van der Waals surface area contributed by atoms with E-state index in [1.807, 2.05) is 12.1 Å². The van der Waals surface area contributed by atoms with Gasteiger partial charge < -0.3 is 9.32 Å². The molecule has 0 bridgehead atoms. The third-order valence-electron chi connectivity index (χ3n) is 14.5. The number of hydrogen-bond donors (Lipinski definition) is 0. The van der Waals surface area contributed by atoms with E-state index in [-0.39, 0.29) is 5.41 Å². The predicted molar refractivity (Wildman–Crippen MR) is 291 cm³/mol. The minimum Gasteiger partial charge on any atom is -0.455 e. The Morgan fingerprint density at radius 3 is 1.43 bits per heavy atom. The molecule has 1 aromatic heterocycles. The number of fused-ring (bicyclic) bond motifs is 7. The van der Waals surface area contributed by atoms with Crippen LogP contribution in [0.5, 0.6) is 0 Å². The number of anilines is 3. The lowest BCUT2D eigenvalue weighted by molar-refractivity contribution is 0.660. The summed E-state index contributed by atoms with van der Waals surface area (Å²) in [5, 5.41) is 4.81. The summed E-state index contributed by atoms with van der Waals surface area (Å²) in [7, 11) is 0. The molecule has 0 unspecified atom stereocenters. The summed E-state index contributed by atoms with van der Waals surface area (Å²) >= 11 is 0. The van der Waals surface area contributed by atoms with Crippen LogP contribution in [0.2, 0.25) is 0 Å². The summed E-state index contributed by atoms with van der Waals surface area (Å²) in [6, 6.07) is 90.6. The molecule has 1 aliphatic carbocycles. The number of furan rings is 1. The molecule has 13 rings (SSSR count). The maximum absolute atomic E-state index is 6.39. The quantitative estimate of drug-likeness (QED) is 0.151. The van der Waals surface area contributed by atoms with Crippen molar-refractivity contribution in [3.63, 3.8) is 0 Å². The Labute approximate surface area is 403 Å². The number of hydrogen-bond acceptors (Lipinski definition) is 2. The molecule has 0 saturated heterocycles. The second-order valence-electron chi connectivity index (χ2n) is 18.9. The second kappa shape index (κ2) is 16.3. The zero-order valence-corrected chi connectivity index (χ0v) is 38.5. The highest BCUT2D eigenvalue weighted by Crippen LogP contribution is 2.52. The van der Waals surface area contributed by atoms with Crippen LogP contribution in [0.15, 0.2) is 253 Å². The van der Waals surface area contributed by atoms with Gasteiger partial charge in [0, 0.05) is 38.8 Å². The van der Waals surface area contributed by atoms with Gasteiger partial charge in [-0.25, -0.2) is 0 Å². The van der Waals surface area contributed by atoms with Crippen molar-refractivity contribution in [3.05, 3.63) is 260 Å². The summed E-state index contributed by atoms with van der Waals surface area (Å²) in [6.07, 6.45) is 0. The van der Waals surface area contributed by atoms with Gasteiger partial charge in [0.15, 0.2) is 0 Å². The van der Waals surface area contributed by atoms with Crippen molar-refractivity contribution >= 4 is 49.8 Å². The molecule has 0 fully saturated rings. The van der Waals surface area contributed by atoms with Gasteiger partial charge in [0.1, 0.15) is 11.2 Å². The molecule has 11 aromatic carbocycles. The lowest BCUT2D eigenvalue weighted by Crippen LogP contribution is -2.16. The molecule has 326 valence electrons. The second-order valence-corrected chi connectivity index (χ2v) is 18.9. The van der Waals surface area contributed by atoms with Gasteiger partial charge in [-0.15, -0.1) is 0 Å². The van der Waals surface area contributed by atoms with Crippen LogP contribution in [0, 0.1) is 0 Å². The average Bonchev–Trinajstić information content (AvgIpc) is 3.90. The van der Waals surface area contributed by atoms with Crippen LogP contribution in [0.25, 0.3) is 99.5 Å². The molecule has 2 nitrogen and oxygen atoms in total. The topological polar surface area (TPSA) is 16.4 Å². The van der Waals surface area contributed by atoms with Crippen LogP contribution in [0.1, 0.15) is 25.0 Å². The Balaban J connectivity index is 0.849. The molecule has 2 heteroatoms. The average molecular weight is 882 g/mol. The minimum atomic E-state index is -0.207. The molecular weight excluding hydrogens is 835 g/mol. The smallest absolute Gasteiger partial charge is 0.143 e. The fourth-order valence-electron chi connectivity index (χ4n) is 10.8. The number of rotatable bonds is 8. The van der Waals surface area contributed by atoms with E-state index in [0.29, 0.717) is 0 Å². The molecule has 0 N–H and O–H groups in total. The summed E-state index contributed by atoms with van der Waals surface area (Å²) in [5.74, 6) is 0. The zero-order valence-electron chi connectivity index (χ0n) is 38.5. The van der Waals surface area contributed by atoms with Crippen molar-refractivity contribution in [2.75, 3.05) is 4.90 Å². The Morgan fingerprint density at radius 1 is 0.304 bits per heavy atom. The first-order valence-electron chi connectivity index (χ1n) is 23.9. The fourth-order valence-corrected chi connectivity index (χ4v) is 10.8. The number of nitrogens with zero attached hydrogens (tertiary/aromatic N) is 1. The van der Waals surface area contributed by atoms with E-state index in [9.17, 15) is 0 Å². The molecule has 69 heavy (non-hydrogen) atoms. The van der Waals surface area contributed by atoms with Crippen molar-refractivity contribution in [2.45, 2.75) is 19.3 Å². The highest BCUT2D eigenvalue weighted by Gasteiger charge is 2.36. The van der Waals surface area contributed by atoms with Crippen molar-refractivity contribution in [2.24, 2.45) is 0 Å². The van der Waals surface area contributed by atoms with Gasteiger partial charge in [0.25, 0.3) is 0 Å². The Hall–Kier alpha value is -8.72. The zero-order chi connectivity index (χ0) is 46.1. The first kappa shape index (κ1) is 40.5. The molecule has 0 saturated carbocycles. The van der Waals surface area contributed by atoms with Crippen LogP contribution in [0.3, 0.4) is 0 Å². The van der Waals surface area contributed by atoms with Gasteiger partial charge in [0.2, 0.25) is 0 Å². The largest absolute Gasteiger partial charge is 0.455 e. The standard InChI is InChI=1S/C67H47NO/c1-67(2)63-42-54(53-28-25-45-13-6-7-14-52(45)41-53)33-39-59(63)60-40-38-57(43-64(60)67)68(55-34-29-49(30-35-55)47-21-19-46(20-22-47)44-11-4-3-5-12-44)56-36-31-50(32-37-56)48-23-26-51(27-24-48)58-16-10-17-62-61-15-8-9-18-65(61)69-66(58)62/h3-43H,1-2H3. The van der Waals surface area contributed by atoms with Gasteiger partial charge in [-0.3, -0.25) is 0 Å². The molecule has 12 aromatic rings. The molecule has 1 aliphatic rings. The van der Waals surface area contributed by atoms with Crippen LogP contribution >= 0.6 is 0 Å². The van der Waals surface area contributed by atoms with Crippen LogP contribution in [-0.2, 0) is 5.41 Å². The van der Waals surface area contributed by atoms with Gasteiger partial charge in [-0.05, 0) is 138 Å². The van der Waals surface area contributed by atoms with Gasteiger partial charge >= 0.3 is 0 Å². The highest BCUT2D eigenvalue weighted by molar-refractivity contribution is 6.09. The van der Waals surface area contributed by atoms with Gasteiger partial charge in [0.05, 0.1) is 0 Å². The van der Waals surface area contributed by atoms with E-state index in [2.05, 4.69) is 255 Å². The lowest BCUT2D eigenvalue weighted by atomic mass is 9.81. The first-order valence-corrected chi connectivity index (χ1v) is 23.9. The molecular formula is C67H47NO. The monoisotopic (exact) mass is 881 g/mol. The molecule has 0 aliphatic heterocycles. The minimum absolute atomic E-state index is 0.207. The third-order valence-corrected chi connectivity index (χ3v) is 14.5. The van der Waals surface area contributed by atoms with E-state index in [1.165, 1.54) is 66.4 Å². The molecule has 0 spiro atoms. The number of benzene rings is 11. The predicted octanol–water partition coefficient (Wildman–Crippen LogP) is 18.9. The normalized spacial score (nSPS) is 12.6. The molecule has 0 amide bonds. The van der Waals surface area contributed by atoms with Crippen molar-refractivity contribution < 1.29 is 4.42 Å². The van der Waals surface area contributed by atoms with Crippen molar-refractivity contribution in [3.8, 4) is 66.8 Å². The van der Waals surface area contributed by atoms with E-state index >= 15 is 0 Å². The summed E-state index contributed by atoms with van der Waals surface area (Å²) in [4.78, 5) is 2.41. The SMILES string of the molecule is CC1(C)c2cc(-c3ccc4ccccc4c3)ccc2-c2ccc(N(c3ccc(-c4ccc(-c5ccccc5)cc4)cc3)c3ccc(-c4ccc(-c5cccc6c5oc5ccccc56)cc4)cc3)cc21. The van der Waals surface area contributed by atoms with E-state index in [1.54, 1.807) is 0 Å². The van der Waals surface area contributed by atoms with Crippen LogP contribution in [0.4, 0.5) is 17.1 Å². The van der Waals surface area contributed by atoms with E-state index in [0.717, 1.165) is 61.3 Å². The third kappa shape index (κ3) is 7.03. The van der Waals surface area contributed by atoms with Crippen molar-refractivity contribution in [1.29, 1.82) is 0 Å². The van der Waals surface area contributed by atoms with E-state index < -0.39 is 0 Å². The summed E-state index contributed by atoms with van der Waals surface area (Å²) in [5.41, 5.74) is 22.1. The maximum atomic E-state index is 6.39. The Bertz CT molecular complexity index is 3880. The maximum Gasteiger partial charge on any atom is 0.143 e. The van der Waals surface area contributed by atoms with Gasteiger partial charge in [-0.1, -0.05) is 208 Å². The van der Waals surface area contributed by atoms with Crippen LogP contribution in [-0.4, -0.2) is 0 Å². The Kier molecular flexibility index (Phi) is 9.55. The molecule has 0 atom stereocenters.